The maximum Gasteiger partial charge on any atom is 0.338 e. The minimum Gasteiger partial charge on any atom is -0.493 e. The highest BCUT2D eigenvalue weighted by Crippen LogP contribution is 2.36. The van der Waals surface area contributed by atoms with E-state index in [1.807, 2.05) is 0 Å². The number of hydrogen-bond acceptors (Lipinski definition) is 9. The molecule has 0 bridgehead atoms. The van der Waals surface area contributed by atoms with Crippen LogP contribution in [-0.2, 0) is 9.53 Å². The van der Waals surface area contributed by atoms with Crippen LogP contribution < -0.4 is 24.4 Å². The van der Waals surface area contributed by atoms with E-state index in [9.17, 15) is 19.5 Å². The van der Waals surface area contributed by atoms with E-state index in [1.165, 1.54) is 37.0 Å². The van der Waals surface area contributed by atoms with E-state index in [0.29, 0.717) is 54.2 Å². The topological polar surface area (TPSA) is 130 Å². The van der Waals surface area contributed by atoms with E-state index in [1.54, 1.807) is 50.3 Å². The van der Waals surface area contributed by atoms with Crippen LogP contribution in [-0.4, -0.2) is 42.4 Å². The Balaban J connectivity index is 1.65. The van der Waals surface area contributed by atoms with Crippen LogP contribution in [0.5, 0.6) is 11.5 Å². The van der Waals surface area contributed by atoms with Gasteiger partial charge >= 0.3 is 11.9 Å². The molecule has 216 valence electrons. The van der Waals surface area contributed by atoms with Crippen LogP contribution >= 0.6 is 22.9 Å². The van der Waals surface area contributed by atoms with Gasteiger partial charge in [0, 0.05) is 11.6 Å². The Bertz CT molecular complexity index is 1930. The first-order valence-corrected chi connectivity index (χ1v) is 13.9. The number of hydrogen-bond donors (Lipinski definition) is 1. The molecule has 0 aliphatic carbocycles. The number of carboxylic acids is 1. The Morgan fingerprint density at radius 1 is 1.12 bits per heavy atom. The average Bonchev–Trinajstić information content (AvgIpc) is 3.56. The predicted molar refractivity (Wildman–Crippen MR) is 156 cm³/mol. The van der Waals surface area contributed by atoms with Crippen molar-refractivity contribution in [3.05, 3.63) is 101 Å². The van der Waals surface area contributed by atoms with Gasteiger partial charge < -0.3 is 23.7 Å². The molecule has 2 aromatic carbocycles. The highest BCUT2D eigenvalue weighted by molar-refractivity contribution is 7.07. The number of aromatic nitrogens is 1. The highest BCUT2D eigenvalue weighted by atomic mass is 35.5. The molecule has 5 rings (SSSR count). The van der Waals surface area contributed by atoms with Crippen LogP contribution in [0.15, 0.2) is 74.0 Å². The van der Waals surface area contributed by atoms with Crippen LogP contribution in [0.4, 0.5) is 0 Å². The molecule has 1 atom stereocenters. The summed E-state index contributed by atoms with van der Waals surface area (Å²) in [4.78, 5) is 43.4. The summed E-state index contributed by atoms with van der Waals surface area (Å²) in [6.07, 6.45) is 1.57. The van der Waals surface area contributed by atoms with Gasteiger partial charge in [-0.15, -0.1) is 0 Å². The maximum absolute atomic E-state index is 13.9. The van der Waals surface area contributed by atoms with Crippen LogP contribution in [0, 0.1) is 0 Å². The Hall–Kier alpha value is -4.61. The van der Waals surface area contributed by atoms with Crippen molar-refractivity contribution in [1.82, 2.24) is 4.57 Å². The van der Waals surface area contributed by atoms with E-state index >= 15 is 0 Å². The second-order valence-electron chi connectivity index (χ2n) is 9.12. The first-order chi connectivity index (χ1) is 20.2. The van der Waals surface area contributed by atoms with Gasteiger partial charge in [-0.05, 0) is 61.9 Å². The van der Waals surface area contributed by atoms with Gasteiger partial charge in [0.1, 0.15) is 11.5 Å². The van der Waals surface area contributed by atoms with Crippen molar-refractivity contribution in [2.24, 2.45) is 4.99 Å². The number of furan rings is 1. The maximum atomic E-state index is 13.9. The van der Waals surface area contributed by atoms with Crippen molar-refractivity contribution in [2.45, 2.75) is 19.9 Å². The van der Waals surface area contributed by atoms with E-state index in [0.717, 1.165) is 11.3 Å². The molecule has 0 radical (unpaired) electrons. The zero-order valence-electron chi connectivity index (χ0n) is 23.0. The number of carbonyl (C=O) groups is 2. The van der Waals surface area contributed by atoms with Crippen molar-refractivity contribution in [3.63, 3.8) is 0 Å². The molecule has 4 aromatic rings. The molecule has 10 nitrogen and oxygen atoms in total. The fourth-order valence-corrected chi connectivity index (χ4v) is 5.92. The molecule has 42 heavy (non-hydrogen) atoms. The van der Waals surface area contributed by atoms with E-state index < -0.39 is 23.5 Å². The zero-order chi connectivity index (χ0) is 30.1. The lowest BCUT2D eigenvalue weighted by Gasteiger charge is -2.25. The van der Waals surface area contributed by atoms with Crippen LogP contribution in [0.3, 0.4) is 0 Å². The standard InChI is InChI=1S/C30H25ClN2O8S/c1-5-40-29(37)25-15(2)32-30-33(26(25)16-7-10-22(38-3)23(13-16)39-4)27(34)24(42-30)14-18-8-11-21(41-18)19-12-17(28(35)36)6-9-20(19)31/h6-14,26H,5H2,1-4H3,(H,35,36)/b24-14-/t26-/m0/s1. The monoisotopic (exact) mass is 608 g/mol. The van der Waals surface area contributed by atoms with Gasteiger partial charge in [-0.2, -0.15) is 0 Å². The van der Waals surface area contributed by atoms with Gasteiger partial charge in [-0.1, -0.05) is 29.0 Å². The van der Waals surface area contributed by atoms with Crippen molar-refractivity contribution in [1.29, 1.82) is 0 Å². The number of allylic oxidation sites excluding steroid dienone is 1. The lowest BCUT2D eigenvalue weighted by Crippen LogP contribution is -2.39. The molecule has 1 aliphatic rings. The minimum atomic E-state index is -1.10. The van der Waals surface area contributed by atoms with Crippen molar-refractivity contribution < 1.29 is 33.3 Å². The summed E-state index contributed by atoms with van der Waals surface area (Å²) in [5, 5.41) is 9.67. The third-order valence-corrected chi connectivity index (χ3v) is 7.93. The molecule has 12 heteroatoms. The average molecular weight is 609 g/mol. The number of halogens is 1. The predicted octanol–water partition coefficient (Wildman–Crippen LogP) is 4.43. The van der Waals surface area contributed by atoms with Gasteiger partial charge in [0.25, 0.3) is 5.56 Å². The van der Waals surface area contributed by atoms with Crippen LogP contribution in [0.1, 0.15) is 41.6 Å². The summed E-state index contributed by atoms with van der Waals surface area (Å²) in [5.74, 6) is -0.0634. The first kappa shape index (κ1) is 28.9. The zero-order valence-corrected chi connectivity index (χ0v) is 24.5. The molecule has 3 heterocycles. The number of esters is 1. The number of thiazole rings is 1. The highest BCUT2D eigenvalue weighted by Gasteiger charge is 2.34. The number of carboxylic acid groups (broad SMARTS) is 1. The van der Waals surface area contributed by atoms with Gasteiger partial charge in [-0.3, -0.25) is 9.36 Å². The third-order valence-electron chi connectivity index (χ3n) is 6.62. The lowest BCUT2D eigenvalue weighted by atomic mass is 9.95. The van der Waals surface area contributed by atoms with E-state index in [2.05, 4.69) is 4.99 Å². The number of carbonyl (C=O) groups excluding carboxylic acids is 1. The second kappa shape index (κ2) is 11.7. The normalized spacial score (nSPS) is 14.8. The molecule has 2 aromatic heterocycles. The number of nitrogens with zero attached hydrogens (tertiary/aromatic N) is 2. The second-order valence-corrected chi connectivity index (χ2v) is 10.5. The van der Waals surface area contributed by atoms with Gasteiger partial charge in [0.05, 0.1) is 53.3 Å². The number of aromatic carboxylic acids is 1. The van der Waals surface area contributed by atoms with E-state index in [-0.39, 0.29) is 17.7 Å². The van der Waals surface area contributed by atoms with Crippen molar-refractivity contribution in [3.8, 4) is 22.8 Å². The Labute approximate surface area is 248 Å². The summed E-state index contributed by atoms with van der Waals surface area (Å²) in [6.45, 7) is 3.56. The molecule has 0 unspecified atom stereocenters. The molecular formula is C30H25ClN2O8S. The SMILES string of the molecule is CCOC(=O)C1=C(C)N=c2s/c(=C\c3ccc(-c4cc(C(=O)O)ccc4Cl)o3)c(=O)n2[C@H]1c1ccc(OC)c(OC)c1. The quantitative estimate of drug-likeness (QED) is 0.291. The number of benzene rings is 2. The smallest absolute Gasteiger partial charge is 0.338 e. The Kier molecular flexibility index (Phi) is 8.06. The number of ether oxygens (including phenoxy) is 3. The fraction of sp³-hybridized carbons (Fsp3) is 0.200. The Morgan fingerprint density at radius 3 is 2.57 bits per heavy atom. The summed E-state index contributed by atoms with van der Waals surface area (Å²) in [7, 11) is 3.02. The molecule has 1 aliphatic heterocycles. The molecule has 0 amide bonds. The van der Waals surface area contributed by atoms with Crippen molar-refractivity contribution >= 4 is 41.0 Å². The van der Waals surface area contributed by atoms with Crippen molar-refractivity contribution in [2.75, 3.05) is 20.8 Å². The summed E-state index contributed by atoms with van der Waals surface area (Å²) < 4.78 is 23.9. The summed E-state index contributed by atoms with van der Waals surface area (Å²) >= 11 is 7.44. The number of methoxy groups -OCH3 is 2. The molecule has 1 N–H and O–H groups in total. The largest absolute Gasteiger partial charge is 0.493 e. The Morgan fingerprint density at radius 2 is 1.88 bits per heavy atom. The third kappa shape index (κ3) is 5.24. The minimum absolute atomic E-state index is 0.0589. The summed E-state index contributed by atoms with van der Waals surface area (Å²) in [6, 6.07) is 11.9. The van der Waals surface area contributed by atoms with Crippen LogP contribution in [0.25, 0.3) is 17.4 Å². The van der Waals surface area contributed by atoms with Gasteiger partial charge in [-0.25, -0.2) is 14.6 Å². The molecule has 0 spiro atoms. The summed E-state index contributed by atoms with van der Waals surface area (Å²) in [5.41, 5.74) is 1.33. The lowest BCUT2D eigenvalue weighted by molar-refractivity contribution is -0.139. The van der Waals surface area contributed by atoms with Gasteiger partial charge in [0.2, 0.25) is 0 Å². The molecule has 0 fully saturated rings. The molecular weight excluding hydrogens is 584 g/mol. The number of rotatable bonds is 8. The van der Waals surface area contributed by atoms with Gasteiger partial charge in [0.15, 0.2) is 16.3 Å². The first-order valence-electron chi connectivity index (χ1n) is 12.7. The molecule has 0 saturated carbocycles. The van der Waals surface area contributed by atoms with E-state index in [4.69, 9.17) is 30.2 Å². The van der Waals surface area contributed by atoms with Crippen LogP contribution in [0.2, 0.25) is 5.02 Å². The fourth-order valence-electron chi connectivity index (χ4n) is 4.68. The number of fused-ring (bicyclic) bond motifs is 1. The molecule has 0 saturated heterocycles.